The highest BCUT2D eigenvalue weighted by molar-refractivity contribution is 5.81. The maximum atomic E-state index is 12.0. The van der Waals surface area contributed by atoms with Gasteiger partial charge in [0.2, 0.25) is 5.91 Å². The second-order valence-corrected chi connectivity index (χ2v) is 5.23. The van der Waals surface area contributed by atoms with Crippen LogP contribution in [0.2, 0.25) is 0 Å². The molecule has 1 saturated carbocycles. The minimum atomic E-state index is 0.0205. The van der Waals surface area contributed by atoms with Gasteiger partial charge in [0.1, 0.15) is 0 Å². The van der Waals surface area contributed by atoms with E-state index in [-0.39, 0.29) is 6.04 Å². The Morgan fingerprint density at radius 2 is 2.00 bits per heavy atom. The third-order valence-corrected chi connectivity index (χ3v) is 4.03. The Kier molecular flexibility index (Phi) is 3.68. The second kappa shape index (κ2) is 5.05. The second-order valence-electron chi connectivity index (χ2n) is 5.23. The van der Waals surface area contributed by atoms with E-state index in [1.54, 1.807) is 0 Å². The van der Waals surface area contributed by atoms with E-state index in [4.69, 9.17) is 5.26 Å². The SMILES string of the molecule is CCC(C#N)N1CCN(C(=O)C2CC2C)CC1. The van der Waals surface area contributed by atoms with Gasteiger partial charge in [0.05, 0.1) is 12.1 Å². The lowest BCUT2D eigenvalue weighted by Crippen LogP contribution is -2.52. The van der Waals surface area contributed by atoms with Crippen molar-refractivity contribution in [2.45, 2.75) is 32.7 Å². The van der Waals surface area contributed by atoms with Crippen molar-refractivity contribution >= 4 is 5.91 Å². The van der Waals surface area contributed by atoms with Crippen molar-refractivity contribution in [3.05, 3.63) is 0 Å². The van der Waals surface area contributed by atoms with Crippen LogP contribution in [0.3, 0.4) is 0 Å². The predicted molar refractivity (Wildman–Crippen MR) is 65.1 cm³/mol. The highest BCUT2D eigenvalue weighted by Crippen LogP contribution is 2.39. The molecule has 17 heavy (non-hydrogen) atoms. The Balaban J connectivity index is 1.82. The molecule has 0 spiro atoms. The molecule has 1 amide bonds. The smallest absolute Gasteiger partial charge is 0.226 e. The normalized spacial score (nSPS) is 30.8. The van der Waals surface area contributed by atoms with Gasteiger partial charge in [-0.05, 0) is 18.8 Å². The number of rotatable bonds is 3. The minimum Gasteiger partial charge on any atom is -0.340 e. The highest BCUT2D eigenvalue weighted by Gasteiger charge is 2.42. The molecule has 0 aromatic carbocycles. The standard InChI is InChI=1S/C13H21N3O/c1-3-11(9-14)15-4-6-16(7-5-15)13(17)12-8-10(12)2/h10-12H,3-8H2,1-2H3. The topological polar surface area (TPSA) is 47.3 Å². The van der Waals surface area contributed by atoms with Crippen LogP contribution in [-0.4, -0.2) is 47.9 Å². The van der Waals surface area contributed by atoms with Crippen LogP contribution in [0.15, 0.2) is 0 Å². The minimum absolute atomic E-state index is 0.0205. The van der Waals surface area contributed by atoms with Crippen LogP contribution in [0.25, 0.3) is 0 Å². The van der Waals surface area contributed by atoms with E-state index in [0.29, 0.717) is 17.7 Å². The first-order valence-corrected chi connectivity index (χ1v) is 6.59. The molecule has 94 valence electrons. The number of nitrogens with zero attached hydrogens (tertiary/aromatic N) is 3. The van der Waals surface area contributed by atoms with Crippen LogP contribution in [0.5, 0.6) is 0 Å². The number of piperazine rings is 1. The largest absolute Gasteiger partial charge is 0.340 e. The Morgan fingerprint density at radius 1 is 1.41 bits per heavy atom. The zero-order valence-corrected chi connectivity index (χ0v) is 10.7. The average Bonchev–Trinajstić information content (AvgIpc) is 3.08. The van der Waals surface area contributed by atoms with Crippen LogP contribution < -0.4 is 0 Å². The number of amides is 1. The molecule has 4 nitrogen and oxygen atoms in total. The summed E-state index contributed by atoms with van der Waals surface area (Å²) >= 11 is 0. The molecule has 0 aromatic heterocycles. The first kappa shape index (κ1) is 12.4. The number of hydrogen-bond donors (Lipinski definition) is 0. The fourth-order valence-electron chi connectivity index (χ4n) is 2.59. The summed E-state index contributed by atoms with van der Waals surface area (Å²) in [7, 11) is 0. The molecule has 0 bridgehead atoms. The Hall–Kier alpha value is -1.08. The summed E-state index contributed by atoms with van der Waals surface area (Å²) in [6, 6.07) is 2.35. The van der Waals surface area contributed by atoms with E-state index in [9.17, 15) is 4.79 Å². The van der Waals surface area contributed by atoms with Crippen molar-refractivity contribution in [3.63, 3.8) is 0 Å². The summed E-state index contributed by atoms with van der Waals surface area (Å²) in [6.45, 7) is 7.46. The number of carbonyl (C=O) groups excluding carboxylic acids is 1. The zero-order chi connectivity index (χ0) is 12.4. The van der Waals surface area contributed by atoms with Gasteiger partial charge < -0.3 is 4.90 Å². The predicted octanol–water partition coefficient (Wildman–Crippen LogP) is 1.09. The van der Waals surface area contributed by atoms with Gasteiger partial charge in [0.15, 0.2) is 0 Å². The lowest BCUT2D eigenvalue weighted by Gasteiger charge is -2.36. The fourth-order valence-corrected chi connectivity index (χ4v) is 2.59. The van der Waals surface area contributed by atoms with Crippen LogP contribution in [-0.2, 0) is 4.79 Å². The molecule has 2 rings (SSSR count). The van der Waals surface area contributed by atoms with Gasteiger partial charge in [-0.2, -0.15) is 5.26 Å². The molecule has 1 aliphatic carbocycles. The fraction of sp³-hybridized carbons (Fsp3) is 0.846. The molecule has 3 atom stereocenters. The molecule has 2 aliphatic rings. The first-order chi connectivity index (χ1) is 8.17. The molecule has 1 saturated heterocycles. The molecule has 0 N–H and O–H groups in total. The molecule has 2 fully saturated rings. The summed E-state index contributed by atoms with van der Waals surface area (Å²) < 4.78 is 0. The van der Waals surface area contributed by atoms with Crippen molar-refractivity contribution in [2.75, 3.05) is 26.2 Å². The lowest BCUT2D eigenvalue weighted by atomic mass is 10.1. The van der Waals surface area contributed by atoms with Crippen molar-refractivity contribution < 1.29 is 4.79 Å². The molecule has 1 aliphatic heterocycles. The van der Waals surface area contributed by atoms with Gasteiger partial charge in [-0.1, -0.05) is 13.8 Å². The molecule has 0 aromatic rings. The van der Waals surface area contributed by atoms with E-state index in [1.807, 2.05) is 11.8 Å². The summed E-state index contributed by atoms with van der Waals surface area (Å²) in [5.74, 6) is 1.21. The van der Waals surface area contributed by atoms with E-state index >= 15 is 0 Å². The van der Waals surface area contributed by atoms with E-state index < -0.39 is 0 Å². The molecule has 3 unspecified atom stereocenters. The molecule has 1 heterocycles. The summed E-state index contributed by atoms with van der Waals surface area (Å²) in [5.41, 5.74) is 0. The van der Waals surface area contributed by atoms with Gasteiger partial charge in [-0.15, -0.1) is 0 Å². The Bertz CT molecular complexity index is 328. The molecule has 4 heteroatoms. The Morgan fingerprint density at radius 3 is 2.41 bits per heavy atom. The van der Waals surface area contributed by atoms with Gasteiger partial charge >= 0.3 is 0 Å². The maximum Gasteiger partial charge on any atom is 0.226 e. The van der Waals surface area contributed by atoms with Gasteiger partial charge in [0, 0.05) is 32.1 Å². The third kappa shape index (κ3) is 2.61. The van der Waals surface area contributed by atoms with E-state index in [0.717, 1.165) is 39.0 Å². The number of carbonyl (C=O) groups is 1. The zero-order valence-electron chi connectivity index (χ0n) is 10.7. The molecular formula is C13H21N3O. The lowest BCUT2D eigenvalue weighted by molar-refractivity contribution is -0.134. The average molecular weight is 235 g/mol. The summed E-state index contributed by atoms with van der Waals surface area (Å²) in [5, 5.41) is 9.01. The van der Waals surface area contributed by atoms with Crippen LogP contribution in [0.4, 0.5) is 0 Å². The van der Waals surface area contributed by atoms with Crippen LogP contribution in [0, 0.1) is 23.2 Å². The molecule has 0 radical (unpaired) electrons. The van der Waals surface area contributed by atoms with Crippen molar-refractivity contribution in [1.82, 2.24) is 9.80 Å². The molecular weight excluding hydrogens is 214 g/mol. The Labute approximate surface area is 103 Å². The quantitative estimate of drug-likeness (QED) is 0.735. The van der Waals surface area contributed by atoms with Gasteiger partial charge in [-0.25, -0.2) is 0 Å². The highest BCUT2D eigenvalue weighted by atomic mass is 16.2. The van der Waals surface area contributed by atoms with E-state index in [2.05, 4.69) is 17.9 Å². The van der Waals surface area contributed by atoms with E-state index in [1.165, 1.54) is 0 Å². The van der Waals surface area contributed by atoms with Crippen molar-refractivity contribution in [2.24, 2.45) is 11.8 Å². The van der Waals surface area contributed by atoms with Crippen LogP contribution in [0.1, 0.15) is 26.7 Å². The van der Waals surface area contributed by atoms with Gasteiger partial charge in [0.25, 0.3) is 0 Å². The van der Waals surface area contributed by atoms with Crippen molar-refractivity contribution in [3.8, 4) is 6.07 Å². The maximum absolute atomic E-state index is 12.0. The number of nitriles is 1. The summed E-state index contributed by atoms with van der Waals surface area (Å²) in [6.07, 6.45) is 1.93. The van der Waals surface area contributed by atoms with Crippen LogP contribution >= 0.6 is 0 Å². The third-order valence-electron chi connectivity index (χ3n) is 4.03. The first-order valence-electron chi connectivity index (χ1n) is 6.59. The van der Waals surface area contributed by atoms with Gasteiger partial charge in [-0.3, -0.25) is 9.69 Å². The number of hydrogen-bond acceptors (Lipinski definition) is 3. The van der Waals surface area contributed by atoms with Crippen molar-refractivity contribution in [1.29, 1.82) is 5.26 Å². The summed E-state index contributed by atoms with van der Waals surface area (Å²) in [4.78, 5) is 16.2. The monoisotopic (exact) mass is 235 g/mol.